The van der Waals surface area contributed by atoms with Crippen molar-refractivity contribution in [2.75, 3.05) is 5.32 Å². The molecular formula is C12H8F3N3O2. The monoisotopic (exact) mass is 283 g/mol. The Morgan fingerprint density at radius 1 is 1.15 bits per heavy atom. The molecule has 0 aliphatic carbocycles. The van der Waals surface area contributed by atoms with E-state index in [0.29, 0.717) is 5.69 Å². The van der Waals surface area contributed by atoms with Gasteiger partial charge in [0.25, 0.3) is 0 Å². The van der Waals surface area contributed by atoms with Crippen LogP contribution in [0.15, 0.2) is 36.5 Å². The van der Waals surface area contributed by atoms with Gasteiger partial charge in [0.1, 0.15) is 0 Å². The number of anilines is 2. The highest BCUT2D eigenvalue weighted by molar-refractivity contribution is 5.85. The average Bonchev–Trinajstić information content (AvgIpc) is 2.38. The molecule has 104 valence electrons. The van der Waals surface area contributed by atoms with E-state index >= 15 is 0 Å². The standard InChI is InChI=1S/C12H8F3N3O2/c13-12(14,15)7-1-3-8(4-2-7)17-11-16-6-5-9(18-11)10(19)20/h1-6H,(H,19,20)(H,16,17,18). The molecule has 0 saturated carbocycles. The number of alkyl halides is 3. The molecule has 1 aromatic carbocycles. The van der Waals surface area contributed by atoms with Gasteiger partial charge in [-0.15, -0.1) is 0 Å². The minimum Gasteiger partial charge on any atom is -0.477 e. The van der Waals surface area contributed by atoms with Crippen LogP contribution in [0.5, 0.6) is 0 Å². The first-order valence-corrected chi connectivity index (χ1v) is 5.37. The van der Waals surface area contributed by atoms with E-state index in [1.165, 1.54) is 24.4 Å². The Bertz CT molecular complexity index is 627. The predicted octanol–water partition coefficient (Wildman–Crippen LogP) is 2.94. The lowest BCUT2D eigenvalue weighted by Crippen LogP contribution is -2.06. The van der Waals surface area contributed by atoms with E-state index in [1.807, 2.05) is 0 Å². The lowest BCUT2D eigenvalue weighted by molar-refractivity contribution is -0.137. The summed E-state index contributed by atoms with van der Waals surface area (Å²) >= 11 is 0. The Balaban J connectivity index is 2.18. The molecule has 0 atom stereocenters. The van der Waals surface area contributed by atoms with Crippen LogP contribution >= 0.6 is 0 Å². The second kappa shape index (κ2) is 5.16. The first-order valence-electron chi connectivity index (χ1n) is 5.37. The molecule has 2 N–H and O–H groups in total. The van der Waals surface area contributed by atoms with Gasteiger partial charge in [0.15, 0.2) is 5.69 Å². The summed E-state index contributed by atoms with van der Waals surface area (Å²) in [5.41, 5.74) is -0.668. The molecule has 0 bridgehead atoms. The third kappa shape index (κ3) is 3.22. The van der Waals surface area contributed by atoms with E-state index in [9.17, 15) is 18.0 Å². The molecule has 2 rings (SSSR count). The van der Waals surface area contributed by atoms with E-state index in [1.54, 1.807) is 0 Å². The van der Waals surface area contributed by atoms with Crippen LogP contribution < -0.4 is 5.32 Å². The van der Waals surface area contributed by atoms with Crippen molar-refractivity contribution in [2.24, 2.45) is 0 Å². The van der Waals surface area contributed by atoms with Crippen LogP contribution in [0.25, 0.3) is 0 Å². The lowest BCUT2D eigenvalue weighted by Gasteiger charge is -2.08. The molecule has 0 aliphatic heterocycles. The fourth-order valence-electron chi connectivity index (χ4n) is 1.41. The van der Waals surface area contributed by atoms with E-state index in [-0.39, 0.29) is 11.6 Å². The van der Waals surface area contributed by atoms with Crippen LogP contribution in [0.3, 0.4) is 0 Å². The maximum atomic E-state index is 12.4. The van der Waals surface area contributed by atoms with Gasteiger partial charge in [-0.25, -0.2) is 14.8 Å². The van der Waals surface area contributed by atoms with Crippen LogP contribution in [0.2, 0.25) is 0 Å². The van der Waals surface area contributed by atoms with Crippen molar-refractivity contribution in [3.63, 3.8) is 0 Å². The lowest BCUT2D eigenvalue weighted by atomic mass is 10.2. The molecule has 0 unspecified atom stereocenters. The molecule has 1 heterocycles. The molecule has 0 aliphatic rings. The Hall–Kier alpha value is -2.64. The number of carboxylic acid groups (broad SMARTS) is 1. The maximum Gasteiger partial charge on any atom is 0.416 e. The smallest absolute Gasteiger partial charge is 0.416 e. The summed E-state index contributed by atoms with van der Waals surface area (Å²) in [4.78, 5) is 18.2. The molecule has 0 saturated heterocycles. The Kier molecular flexibility index (Phi) is 3.55. The molecule has 0 fully saturated rings. The molecule has 1 aromatic heterocycles. The SMILES string of the molecule is O=C(O)c1ccnc(Nc2ccc(C(F)(F)F)cc2)n1. The number of aromatic nitrogens is 2. The van der Waals surface area contributed by atoms with Gasteiger partial charge in [-0.05, 0) is 30.3 Å². The second-order valence-electron chi connectivity index (χ2n) is 3.77. The number of carboxylic acids is 1. The van der Waals surface area contributed by atoms with Crippen molar-refractivity contribution in [1.29, 1.82) is 0 Å². The fourth-order valence-corrected chi connectivity index (χ4v) is 1.41. The number of nitrogens with one attached hydrogen (secondary N) is 1. The Morgan fingerprint density at radius 3 is 2.35 bits per heavy atom. The average molecular weight is 283 g/mol. The number of aromatic carboxylic acids is 1. The van der Waals surface area contributed by atoms with Gasteiger partial charge in [-0.2, -0.15) is 13.2 Å². The molecule has 0 spiro atoms. The number of rotatable bonds is 3. The molecule has 2 aromatic rings. The second-order valence-corrected chi connectivity index (χ2v) is 3.77. The summed E-state index contributed by atoms with van der Waals surface area (Å²) in [6.45, 7) is 0. The summed E-state index contributed by atoms with van der Waals surface area (Å²) in [6.07, 6.45) is -3.17. The van der Waals surface area contributed by atoms with E-state index in [2.05, 4.69) is 15.3 Å². The zero-order valence-electron chi connectivity index (χ0n) is 9.85. The van der Waals surface area contributed by atoms with Gasteiger partial charge in [0, 0.05) is 11.9 Å². The van der Waals surface area contributed by atoms with Crippen molar-refractivity contribution in [1.82, 2.24) is 9.97 Å². The summed E-state index contributed by atoms with van der Waals surface area (Å²) in [7, 11) is 0. The summed E-state index contributed by atoms with van der Waals surface area (Å²) in [5.74, 6) is -1.23. The minimum atomic E-state index is -4.40. The largest absolute Gasteiger partial charge is 0.477 e. The summed E-state index contributed by atoms with van der Waals surface area (Å²) in [6, 6.07) is 5.44. The number of nitrogens with zero attached hydrogens (tertiary/aromatic N) is 2. The zero-order valence-corrected chi connectivity index (χ0v) is 9.85. The predicted molar refractivity (Wildman–Crippen MR) is 63.7 cm³/mol. The number of halogens is 3. The third-order valence-electron chi connectivity index (χ3n) is 2.34. The van der Waals surface area contributed by atoms with Crippen LogP contribution in [0.1, 0.15) is 16.1 Å². The molecule has 20 heavy (non-hydrogen) atoms. The highest BCUT2D eigenvalue weighted by Crippen LogP contribution is 2.30. The number of carbonyl (C=O) groups is 1. The first-order chi connectivity index (χ1) is 9.36. The normalized spacial score (nSPS) is 11.2. The minimum absolute atomic E-state index is 0.00958. The topological polar surface area (TPSA) is 75.1 Å². The molecule has 0 amide bonds. The Morgan fingerprint density at radius 2 is 1.80 bits per heavy atom. The van der Waals surface area contributed by atoms with Crippen molar-refractivity contribution in [3.8, 4) is 0 Å². The summed E-state index contributed by atoms with van der Waals surface area (Å²) < 4.78 is 37.1. The van der Waals surface area contributed by atoms with Crippen LogP contribution in [0.4, 0.5) is 24.8 Å². The Labute approximate surface area is 111 Å². The molecule has 5 nitrogen and oxygen atoms in total. The van der Waals surface area contributed by atoms with Gasteiger partial charge in [-0.3, -0.25) is 0 Å². The molecule has 0 radical (unpaired) electrons. The molecule has 8 heteroatoms. The highest BCUT2D eigenvalue weighted by atomic mass is 19.4. The van der Waals surface area contributed by atoms with Gasteiger partial charge in [-0.1, -0.05) is 0 Å². The van der Waals surface area contributed by atoms with Gasteiger partial charge in [0.05, 0.1) is 5.56 Å². The zero-order chi connectivity index (χ0) is 14.8. The van der Waals surface area contributed by atoms with E-state index in [4.69, 9.17) is 5.11 Å². The van der Waals surface area contributed by atoms with Crippen molar-refractivity contribution >= 4 is 17.6 Å². The van der Waals surface area contributed by atoms with Crippen molar-refractivity contribution in [3.05, 3.63) is 47.8 Å². The third-order valence-corrected chi connectivity index (χ3v) is 2.34. The maximum absolute atomic E-state index is 12.4. The number of benzene rings is 1. The van der Waals surface area contributed by atoms with Crippen molar-refractivity contribution in [2.45, 2.75) is 6.18 Å². The molecular weight excluding hydrogens is 275 g/mol. The highest BCUT2D eigenvalue weighted by Gasteiger charge is 2.29. The van der Waals surface area contributed by atoms with Crippen LogP contribution in [-0.2, 0) is 6.18 Å². The quantitative estimate of drug-likeness (QED) is 0.905. The first kappa shape index (κ1) is 13.8. The van der Waals surface area contributed by atoms with Crippen LogP contribution in [0, 0.1) is 0 Å². The van der Waals surface area contributed by atoms with Gasteiger partial charge < -0.3 is 10.4 Å². The van der Waals surface area contributed by atoms with E-state index in [0.717, 1.165) is 12.1 Å². The van der Waals surface area contributed by atoms with Crippen LogP contribution in [-0.4, -0.2) is 21.0 Å². The van der Waals surface area contributed by atoms with Gasteiger partial charge in [0.2, 0.25) is 5.95 Å². The number of hydrogen-bond acceptors (Lipinski definition) is 4. The van der Waals surface area contributed by atoms with E-state index < -0.39 is 17.7 Å². The summed E-state index contributed by atoms with van der Waals surface area (Å²) in [5, 5.41) is 11.4. The number of hydrogen-bond donors (Lipinski definition) is 2. The fraction of sp³-hybridized carbons (Fsp3) is 0.0833. The van der Waals surface area contributed by atoms with Gasteiger partial charge >= 0.3 is 12.1 Å². The van der Waals surface area contributed by atoms with Crippen molar-refractivity contribution < 1.29 is 23.1 Å².